The van der Waals surface area contributed by atoms with Gasteiger partial charge in [-0.15, -0.1) is 0 Å². The molecule has 18 heavy (non-hydrogen) atoms. The van der Waals surface area contributed by atoms with Crippen molar-refractivity contribution in [2.24, 2.45) is 0 Å². The third-order valence-electron chi connectivity index (χ3n) is 3.07. The fraction of sp³-hybridized carbons (Fsp3) is 0.462. The Bertz CT molecular complexity index is 409. The predicted octanol–water partition coefficient (Wildman–Crippen LogP) is 0.273. The average molecular weight is 251 g/mol. The lowest BCUT2D eigenvalue weighted by atomic mass is 9.99. The SMILES string of the molecule is C[C@@H]1O[C@H](O)C[C@H](NC(=O)c2ccccc2)[C@H]1O. The Hall–Kier alpha value is -1.43. The molecule has 0 spiro atoms. The zero-order valence-corrected chi connectivity index (χ0v) is 10.1. The van der Waals surface area contributed by atoms with Gasteiger partial charge in [0.25, 0.3) is 5.91 Å². The minimum atomic E-state index is -0.954. The number of nitrogens with one attached hydrogen (secondary N) is 1. The monoisotopic (exact) mass is 251 g/mol. The van der Waals surface area contributed by atoms with E-state index in [1.54, 1.807) is 31.2 Å². The summed E-state index contributed by atoms with van der Waals surface area (Å²) >= 11 is 0. The standard InChI is InChI=1S/C13H17NO4/c1-8-12(16)10(7-11(15)18-8)14-13(17)9-5-3-2-4-6-9/h2-6,8,10-12,15-16H,7H2,1H3,(H,14,17)/t8-,10-,11-,12-/m0/s1. The fourth-order valence-corrected chi connectivity index (χ4v) is 2.05. The number of ether oxygens (including phenoxy) is 1. The van der Waals surface area contributed by atoms with E-state index in [0.29, 0.717) is 5.56 Å². The average Bonchev–Trinajstić information content (AvgIpc) is 2.36. The molecule has 4 atom stereocenters. The quantitative estimate of drug-likeness (QED) is 0.705. The number of carbonyl (C=O) groups is 1. The molecule has 1 aliphatic rings. The molecule has 1 aromatic carbocycles. The lowest BCUT2D eigenvalue weighted by Gasteiger charge is -2.36. The number of hydrogen-bond donors (Lipinski definition) is 3. The van der Waals surface area contributed by atoms with E-state index in [4.69, 9.17) is 4.74 Å². The molecule has 1 aromatic rings. The molecule has 3 N–H and O–H groups in total. The summed E-state index contributed by atoms with van der Waals surface area (Å²) < 4.78 is 5.07. The molecule has 2 rings (SSSR count). The fourth-order valence-electron chi connectivity index (χ4n) is 2.05. The minimum absolute atomic E-state index is 0.185. The van der Waals surface area contributed by atoms with Crippen LogP contribution in [-0.4, -0.2) is 40.7 Å². The highest BCUT2D eigenvalue weighted by Crippen LogP contribution is 2.19. The van der Waals surface area contributed by atoms with Crippen LogP contribution in [0.5, 0.6) is 0 Å². The third-order valence-corrected chi connectivity index (χ3v) is 3.07. The van der Waals surface area contributed by atoms with Crippen LogP contribution in [-0.2, 0) is 4.74 Å². The second kappa shape index (κ2) is 5.48. The Balaban J connectivity index is 2.02. The van der Waals surface area contributed by atoms with Gasteiger partial charge in [-0.25, -0.2) is 0 Å². The van der Waals surface area contributed by atoms with Crippen LogP contribution in [0.15, 0.2) is 30.3 Å². The second-order valence-electron chi connectivity index (χ2n) is 4.47. The largest absolute Gasteiger partial charge is 0.388 e. The van der Waals surface area contributed by atoms with Gasteiger partial charge in [0, 0.05) is 12.0 Å². The van der Waals surface area contributed by atoms with E-state index in [-0.39, 0.29) is 12.3 Å². The summed E-state index contributed by atoms with van der Waals surface area (Å²) in [7, 11) is 0. The van der Waals surface area contributed by atoms with Gasteiger partial charge < -0.3 is 20.3 Å². The summed E-state index contributed by atoms with van der Waals surface area (Å²) in [6.07, 6.45) is -2.09. The van der Waals surface area contributed by atoms with Crippen LogP contribution in [0.2, 0.25) is 0 Å². The lowest BCUT2D eigenvalue weighted by Crippen LogP contribution is -2.54. The van der Waals surface area contributed by atoms with E-state index >= 15 is 0 Å². The van der Waals surface area contributed by atoms with E-state index in [2.05, 4.69) is 5.32 Å². The molecule has 5 nitrogen and oxygen atoms in total. The Morgan fingerprint density at radius 1 is 1.33 bits per heavy atom. The number of carbonyl (C=O) groups excluding carboxylic acids is 1. The van der Waals surface area contributed by atoms with Gasteiger partial charge in [0.1, 0.15) is 6.10 Å². The summed E-state index contributed by atoms with van der Waals surface area (Å²) in [4.78, 5) is 11.9. The highest BCUT2D eigenvalue weighted by atomic mass is 16.6. The molecule has 0 saturated carbocycles. The summed E-state index contributed by atoms with van der Waals surface area (Å²) in [5.41, 5.74) is 0.526. The van der Waals surface area contributed by atoms with Crippen molar-refractivity contribution in [1.82, 2.24) is 5.32 Å². The number of rotatable bonds is 2. The van der Waals surface area contributed by atoms with Crippen LogP contribution in [0.25, 0.3) is 0 Å². The van der Waals surface area contributed by atoms with Crippen molar-refractivity contribution in [3.05, 3.63) is 35.9 Å². The van der Waals surface area contributed by atoms with Crippen LogP contribution in [0.4, 0.5) is 0 Å². The molecule has 0 aliphatic carbocycles. The molecule has 1 amide bonds. The van der Waals surface area contributed by atoms with Crippen LogP contribution in [0.1, 0.15) is 23.7 Å². The summed E-state index contributed by atoms with van der Waals surface area (Å²) in [5.74, 6) is -0.263. The Kier molecular flexibility index (Phi) is 3.96. The topological polar surface area (TPSA) is 78.8 Å². The maximum absolute atomic E-state index is 11.9. The molecule has 98 valence electrons. The van der Waals surface area contributed by atoms with Crippen LogP contribution < -0.4 is 5.32 Å². The minimum Gasteiger partial charge on any atom is -0.388 e. The number of aliphatic hydroxyl groups excluding tert-OH is 2. The molecule has 0 radical (unpaired) electrons. The first kappa shape index (κ1) is 13.0. The van der Waals surface area contributed by atoms with Gasteiger partial charge >= 0.3 is 0 Å². The van der Waals surface area contributed by atoms with Crippen molar-refractivity contribution in [2.75, 3.05) is 0 Å². The van der Waals surface area contributed by atoms with Gasteiger partial charge in [0.15, 0.2) is 6.29 Å². The van der Waals surface area contributed by atoms with Crippen molar-refractivity contribution in [2.45, 2.75) is 37.9 Å². The van der Waals surface area contributed by atoms with Gasteiger partial charge in [-0.3, -0.25) is 4.79 Å². The first-order chi connectivity index (χ1) is 8.58. The van der Waals surface area contributed by atoms with Crippen molar-refractivity contribution in [3.63, 3.8) is 0 Å². The predicted molar refractivity (Wildman–Crippen MR) is 64.9 cm³/mol. The second-order valence-corrected chi connectivity index (χ2v) is 4.47. The third kappa shape index (κ3) is 2.87. The molecular formula is C13H17NO4. The molecule has 1 fully saturated rings. The van der Waals surface area contributed by atoms with Gasteiger partial charge in [0.2, 0.25) is 0 Å². The highest BCUT2D eigenvalue weighted by molar-refractivity contribution is 5.94. The molecule has 1 aliphatic heterocycles. The maximum Gasteiger partial charge on any atom is 0.251 e. The smallest absolute Gasteiger partial charge is 0.251 e. The van der Waals surface area contributed by atoms with Crippen molar-refractivity contribution >= 4 is 5.91 Å². The Labute approximate surface area is 105 Å². The van der Waals surface area contributed by atoms with Crippen LogP contribution in [0, 0.1) is 0 Å². The Morgan fingerprint density at radius 2 is 2.00 bits per heavy atom. The number of benzene rings is 1. The first-order valence-corrected chi connectivity index (χ1v) is 5.95. The van der Waals surface area contributed by atoms with Gasteiger partial charge in [-0.2, -0.15) is 0 Å². The maximum atomic E-state index is 11.9. The molecule has 0 unspecified atom stereocenters. The number of amides is 1. The van der Waals surface area contributed by atoms with Crippen LogP contribution in [0.3, 0.4) is 0 Å². The molecule has 1 heterocycles. The summed E-state index contributed by atoms with van der Waals surface area (Å²) in [6.45, 7) is 1.66. The zero-order chi connectivity index (χ0) is 13.1. The summed E-state index contributed by atoms with van der Waals surface area (Å²) in [6, 6.07) is 8.25. The van der Waals surface area contributed by atoms with Crippen molar-refractivity contribution in [3.8, 4) is 0 Å². The van der Waals surface area contributed by atoms with Gasteiger partial charge in [-0.1, -0.05) is 18.2 Å². The van der Waals surface area contributed by atoms with Crippen LogP contribution >= 0.6 is 0 Å². The van der Waals surface area contributed by atoms with E-state index < -0.39 is 24.5 Å². The molecule has 0 bridgehead atoms. The molecular weight excluding hydrogens is 234 g/mol. The highest BCUT2D eigenvalue weighted by Gasteiger charge is 2.35. The molecule has 0 aromatic heterocycles. The zero-order valence-electron chi connectivity index (χ0n) is 10.1. The lowest BCUT2D eigenvalue weighted by molar-refractivity contribution is -0.201. The van der Waals surface area contributed by atoms with E-state index in [1.165, 1.54) is 0 Å². The first-order valence-electron chi connectivity index (χ1n) is 5.95. The van der Waals surface area contributed by atoms with E-state index in [9.17, 15) is 15.0 Å². The molecule has 1 saturated heterocycles. The van der Waals surface area contributed by atoms with Crippen molar-refractivity contribution < 1.29 is 19.7 Å². The number of hydrogen-bond acceptors (Lipinski definition) is 4. The van der Waals surface area contributed by atoms with E-state index in [1.807, 2.05) is 6.07 Å². The Morgan fingerprint density at radius 3 is 2.67 bits per heavy atom. The van der Waals surface area contributed by atoms with Crippen molar-refractivity contribution in [1.29, 1.82) is 0 Å². The molecule has 5 heteroatoms. The normalized spacial score (nSPS) is 31.9. The van der Waals surface area contributed by atoms with Gasteiger partial charge in [0.05, 0.1) is 12.1 Å². The van der Waals surface area contributed by atoms with Gasteiger partial charge in [-0.05, 0) is 19.1 Å². The van der Waals surface area contributed by atoms with E-state index in [0.717, 1.165) is 0 Å². The summed E-state index contributed by atoms with van der Waals surface area (Å²) in [5, 5.41) is 22.1. The number of aliphatic hydroxyl groups is 2.